The van der Waals surface area contributed by atoms with E-state index in [0.717, 1.165) is 0 Å². The molecule has 3 N–H and O–H groups in total. The summed E-state index contributed by atoms with van der Waals surface area (Å²) in [5.74, 6) is 0.758. The molecule has 0 aromatic carbocycles. The van der Waals surface area contributed by atoms with Gasteiger partial charge in [0.2, 0.25) is 17.2 Å². The Balaban J connectivity index is 2.81. The topological polar surface area (TPSA) is 83.0 Å². The Hall–Kier alpha value is -1.14. The van der Waals surface area contributed by atoms with E-state index in [1.165, 1.54) is 0 Å². The number of hydrogen-bond acceptors (Lipinski definition) is 6. The van der Waals surface area contributed by atoms with Crippen molar-refractivity contribution in [2.45, 2.75) is 26.3 Å². The lowest BCUT2D eigenvalue weighted by Crippen LogP contribution is -2.27. The summed E-state index contributed by atoms with van der Waals surface area (Å²) in [6, 6.07) is 0. The first-order valence-electron chi connectivity index (χ1n) is 4.95. The maximum Gasteiger partial charge on any atom is 0.229 e. The molecule has 0 saturated carbocycles. The number of halogens is 1. The van der Waals surface area contributed by atoms with Crippen LogP contribution in [-0.4, -0.2) is 38.7 Å². The van der Waals surface area contributed by atoms with Crippen LogP contribution in [-0.2, 0) is 0 Å². The average Bonchev–Trinajstić information content (AvgIpc) is 2.10. The molecule has 0 unspecified atom stereocenters. The van der Waals surface area contributed by atoms with Gasteiger partial charge in [-0.05, 0) is 32.4 Å². The molecule has 0 atom stereocenters. The van der Waals surface area contributed by atoms with Crippen molar-refractivity contribution in [3.63, 3.8) is 0 Å². The quantitative estimate of drug-likeness (QED) is 0.738. The van der Waals surface area contributed by atoms with Crippen LogP contribution in [0.3, 0.4) is 0 Å². The summed E-state index contributed by atoms with van der Waals surface area (Å²) in [7, 11) is 0. The van der Waals surface area contributed by atoms with E-state index in [1.54, 1.807) is 0 Å². The molecule has 0 bridgehead atoms. The van der Waals surface area contributed by atoms with E-state index >= 15 is 0 Å². The number of anilines is 2. The summed E-state index contributed by atoms with van der Waals surface area (Å²) in [6.45, 7) is 6.35. The van der Waals surface area contributed by atoms with Crippen molar-refractivity contribution >= 4 is 23.5 Å². The van der Waals surface area contributed by atoms with Crippen LogP contribution >= 0.6 is 11.6 Å². The molecule has 0 aliphatic heterocycles. The van der Waals surface area contributed by atoms with Crippen molar-refractivity contribution in [1.82, 2.24) is 15.0 Å². The number of rotatable bonds is 4. The van der Waals surface area contributed by atoms with Crippen molar-refractivity contribution < 1.29 is 5.11 Å². The molecule has 16 heavy (non-hydrogen) atoms. The highest BCUT2D eigenvalue weighted by Gasteiger charge is 2.13. The summed E-state index contributed by atoms with van der Waals surface area (Å²) in [6.07, 6.45) is 0. The lowest BCUT2D eigenvalue weighted by atomic mass is 10.1. The predicted molar refractivity (Wildman–Crippen MR) is 63.8 cm³/mol. The van der Waals surface area contributed by atoms with Gasteiger partial charge in [0.25, 0.3) is 0 Å². The summed E-state index contributed by atoms with van der Waals surface area (Å²) in [5.41, 5.74) is -0.154. The second-order valence-corrected chi connectivity index (χ2v) is 4.62. The number of hydrogen-bond donors (Lipinski definition) is 3. The van der Waals surface area contributed by atoms with E-state index in [4.69, 9.17) is 16.7 Å². The molecular weight excluding hydrogens is 230 g/mol. The Kier molecular flexibility index (Phi) is 4.26. The zero-order valence-electron chi connectivity index (χ0n) is 9.58. The molecule has 90 valence electrons. The van der Waals surface area contributed by atoms with E-state index in [9.17, 15) is 0 Å². The highest BCUT2D eigenvalue weighted by molar-refractivity contribution is 6.28. The molecule has 0 saturated heterocycles. The summed E-state index contributed by atoms with van der Waals surface area (Å²) in [4.78, 5) is 12.0. The average molecular weight is 246 g/mol. The van der Waals surface area contributed by atoms with Crippen LogP contribution < -0.4 is 10.6 Å². The highest BCUT2D eigenvalue weighted by Crippen LogP contribution is 2.13. The molecule has 7 heteroatoms. The lowest BCUT2D eigenvalue weighted by Gasteiger charge is -2.20. The molecule has 0 fully saturated rings. The molecule has 1 heterocycles. The maximum absolute atomic E-state index is 8.67. The first kappa shape index (κ1) is 12.9. The van der Waals surface area contributed by atoms with Crippen molar-refractivity contribution in [2.24, 2.45) is 0 Å². The Morgan fingerprint density at radius 2 is 1.81 bits per heavy atom. The van der Waals surface area contributed by atoms with Gasteiger partial charge in [-0.3, -0.25) is 0 Å². The Morgan fingerprint density at radius 3 is 2.38 bits per heavy atom. The van der Waals surface area contributed by atoms with Gasteiger partial charge in [0.05, 0.1) is 6.61 Å². The smallest absolute Gasteiger partial charge is 0.229 e. The van der Waals surface area contributed by atoms with E-state index in [0.29, 0.717) is 18.4 Å². The van der Waals surface area contributed by atoms with Crippen molar-refractivity contribution in [2.75, 3.05) is 23.8 Å². The summed E-state index contributed by atoms with van der Waals surface area (Å²) in [5, 5.41) is 14.7. The standard InChI is InChI=1S/C9H16ClN5O/c1-9(2,3)15-8-13-6(10)12-7(14-8)11-4-5-16/h16H,4-5H2,1-3H3,(H2,11,12,13,14,15). The third-order valence-electron chi connectivity index (χ3n) is 1.49. The number of nitrogens with zero attached hydrogens (tertiary/aromatic N) is 3. The molecule has 1 rings (SSSR count). The Morgan fingerprint density at radius 1 is 1.19 bits per heavy atom. The van der Waals surface area contributed by atoms with Crippen LogP contribution in [0.5, 0.6) is 0 Å². The molecule has 0 aliphatic rings. The molecule has 0 amide bonds. The lowest BCUT2D eigenvalue weighted by molar-refractivity contribution is 0.311. The van der Waals surface area contributed by atoms with Gasteiger partial charge >= 0.3 is 0 Å². The van der Waals surface area contributed by atoms with Crippen LogP contribution in [0, 0.1) is 0 Å². The van der Waals surface area contributed by atoms with Crippen LogP contribution in [0.25, 0.3) is 0 Å². The van der Waals surface area contributed by atoms with Crippen LogP contribution in [0.2, 0.25) is 5.28 Å². The summed E-state index contributed by atoms with van der Waals surface area (Å²) >= 11 is 5.75. The second-order valence-electron chi connectivity index (χ2n) is 4.28. The maximum atomic E-state index is 8.67. The minimum atomic E-state index is -0.154. The van der Waals surface area contributed by atoms with Gasteiger partial charge in [-0.15, -0.1) is 0 Å². The third-order valence-corrected chi connectivity index (χ3v) is 1.66. The number of aliphatic hydroxyl groups is 1. The van der Waals surface area contributed by atoms with Gasteiger partial charge in [0.1, 0.15) is 0 Å². The monoisotopic (exact) mass is 245 g/mol. The molecule has 6 nitrogen and oxygen atoms in total. The van der Waals surface area contributed by atoms with Gasteiger partial charge in [-0.2, -0.15) is 15.0 Å². The Labute approximate surface area is 99.5 Å². The van der Waals surface area contributed by atoms with Gasteiger partial charge in [-0.1, -0.05) is 0 Å². The predicted octanol–water partition coefficient (Wildman–Crippen LogP) is 1.14. The van der Waals surface area contributed by atoms with Crippen LogP contribution in [0.1, 0.15) is 20.8 Å². The van der Waals surface area contributed by atoms with Crippen LogP contribution in [0.4, 0.5) is 11.9 Å². The third kappa shape index (κ3) is 4.59. The second kappa shape index (κ2) is 5.27. The van der Waals surface area contributed by atoms with E-state index in [1.807, 2.05) is 20.8 Å². The highest BCUT2D eigenvalue weighted by atomic mass is 35.5. The van der Waals surface area contributed by atoms with Crippen molar-refractivity contribution in [3.8, 4) is 0 Å². The minimum absolute atomic E-state index is 0.00529. The van der Waals surface area contributed by atoms with E-state index in [-0.39, 0.29) is 17.4 Å². The Bertz CT molecular complexity index is 352. The molecule has 1 aromatic heterocycles. The molecule has 0 spiro atoms. The van der Waals surface area contributed by atoms with E-state index < -0.39 is 0 Å². The van der Waals surface area contributed by atoms with Crippen LogP contribution in [0.15, 0.2) is 0 Å². The van der Waals surface area contributed by atoms with Crippen molar-refractivity contribution in [1.29, 1.82) is 0 Å². The molecule has 1 aromatic rings. The molecule has 0 radical (unpaired) electrons. The fourth-order valence-corrected chi connectivity index (χ4v) is 1.15. The minimum Gasteiger partial charge on any atom is -0.395 e. The fourth-order valence-electron chi connectivity index (χ4n) is 0.988. The van der Waals surface area contributed by atoms with E-state index in [2.05, 4.69) is 25.6 Å². The molecular formula is C9H16ClN5O. The number of aromatic nitrogens is 3. The number of aliphatic hydroxyl groups excluding tert-OH is 1. The SMILES string of the molecule is CC(C)(C)Nc1nc(Cl)nc(NCCO)n1. The largest absolute Gasteiger partial charge is 0.395 e. The first-order chi connectivity index (χ1) is 7.40. The fraction of sp³-hybridized carbons (Fsp3) is 0.667. The molecule has 0 aliphatic carbocycles. The van der Waals surface area contributed by atoms with Crippen molar-refractivity contribution in [3.05, 3.63) is 5.28 Å². The normalized spacial score (nSPS) is 11.3. The zero-order valence-corrected chi connectivity index (χ0v) is 10.3. The van der Waals surface area contributed by atoms with Gasteiger partial charge in [0.15, 0.2) is 0 Å². The van der Waals surface area contributed by atoms with Gasteiger partial charge in [-0.25, -0.2) is 0 Å². The van der Waals surface area contributed by atoms with Gasteiger partial charge in [0, 0.05) is 12.1 Å². The zero-order chi connectivity index (χ0) is 12.2. The summed E-state index contributed by atoms with van der Waals surface area (Å²) < 4.78 is 0. The van der Waals surface area contributed by atoms with Gasteiger partial charge < -0.3 is 15.7 Å². The first-order valence-corrected chi connectivity index (χ1v) is 5.33. The number of nitrogens with one attached hydrogen (secondary N) is 2.